The van der Waals surface area contributed by atoms with Gasteiger partial charge < -0.3 is 0 Å². The summed E-state index contributed by atoms with van der Waals surface area (Å²) in [5.74, 6) is 0.873. The maximum Gasteiger partial charge on any atom is 0.0375 e. The van der Waals surface area contributed by atoms with Crippen LogP contribution in [0.5, 0.6) is 0 Å². The van der Waals surface area contributed by atoms with Gasteiger partial charge in [0.05, 0.1) is 0 Å². The Morgan fingerprint density at radius 1 is 1.57 bits per heavy atom. The van der Waals surface area contributed by atoms with E-state index in [1.54, 1.807) is 0 Å². The van der Waals surface area contributed by atoms with Crippen LogP contribution < -0.4 is 0 Å². The third kappa shape index (κ3) is 2.32. The van der Waals surface area contributed by atoms with Crippen LogP contribution in [-0.4, -0.2) is 23.0 Å². The van der Waals surface area contributed by atoms with Gasteiger partial charge in [-0.3, -0.25) is 9.88 Å². The first-order valence-electron chi connectivity index (χ1n) is 5.38. The molecule has 1 aromatic heterocycles. The Morgan fingerprint density at radius 2 is 2.43 bits per heavy atom. The van der Waals surface area contributed by atoms with Crippen LogP contribution in [0.15, 0.2) is 18.3 Å². The van der Waals surface area contributed by atoms with E-state index in [9.17, 15) is 0 Å². The van der Waals surface area contributed by atoms with Gasteiger partial charge >= 0.3 is 0 Å². The van der Waals surface area contributed by atoms with E-state index >= 15 is 0 Å². The SMILES string of the molecule is Cc1cc(CN2CCC(C)C2)ccn1. The number of hydrogen-bond donors (Lipinski definition) is 0. The molecule has 1 unspecified atom stereocenters. The highest BCUT2D eigenvalue weighted by Gasteiger charge is 2.18. The van der Waals surface area contributed by atoms with Crippen molar-refractivity contribution in [3.05, 3.63) is 29.6 Å². The molecule has 2 nitrogen and oxygen atoms in total. The topological polar surface area (TPSA) is 16.1 Å². The van der Waals surface area contributed by atoms with Gasteiger partial charge in [0.2, 0.25) is 0 Å². The molecule has 1 saturated heterocycles. The molecule has 1 aliphatic rings. The standard InChI is InChI=1S/C12H18N2/c1-10-4-6-14(8-10)9-12-3-5-13-11(2)7-12/h3,5,7,10H,4,6,8-9H2,1-2H3. The fraction of sp³-hybridized carbons (Fsp3) is 0.583. The number of aromatic nitrogens is 1. The summed E-state index contributed by atoms with van der Waals surface area (Å²) < 4.78 is 0. The largest absolute Gasteiger partial charge is 0.299 e. The second kappa shape index (κ2) is 4.09. The summed E-state index contributed by atoms with van der Waals surface area (Å²) in [6, 6.07) is 4.30. The van der Waals surface area contributed by atoms with Gasteiger partial charge in [0.25, 0.3) is 0 Å². The first-order chi connectivity index (χ1) is 6.74. The zero-order valence-corrected chi connectivity index (χ0v) is 9.03. The average molecular weight is 190 g/mol. The molecule has 0 spiro atoms. The van der Waals surface area contributed by atoms with Crippen LogP contribution in [0.3, 0.4) is 0 Å². The van der Waals surface area contributed by atoms with Crippen molar-refractivity contribution >= 4 is 0 Å². The van der Waals surface area contributed by atoms with Crippen molar-refractivity contribution < 1.29 is 0 Å². The van der Waals surface area contributed by atoms with Crippen molar-refractivity contribution in [3.63, 3.8) is 0 Å². The molecule has 2 heterocycles. The van der Waals surface area contributed by atoms with Crippen LogP contribution in [0.2, 0.25) is 0 Å². The van der Waals surface area contributed by atoms with Crippen LogP contribution in [0.4, 0.5) is 0 Å². The van der Waals surface area contributed by atoms with E-state index in [-0.39, 0.29) is 0 Å². The predicted molar refractivity (Wildman–Crippen MR) is 58.0 cm³/mol. The molecule has 2 rings (SSSR count). The molecule has 1 aromatic rings. The summed E-state index contributed by atoms with van der Waals surface area (Å²) in [5.41, 5.74) is 2.52. The molecule has 76 valence electrons. The van der Waals surface area contributed by atoms with Crippen LogP contribution in [-0.2, 0) is 6.54 Å². The van der Waals surface area contributed by atoms with Crippen LogP contribution in [0.25, 0.3) is 0 Å². The highest BCUT2D eigenvalue weighted by molar-refractivity contribution is 5.15. The van der Waals surface area contributed by atoms with Gasteiger partial charge in [-0.05, 0) is 43.5 Å². The van der Waals surface area contributed by atoms with E-state index in [0.717, 1.165) is 18.2 Å². The number of hydrogen-bond acceptors (Lipinski definition) is 2. The van der Waals surface area contributed by atoms with Gasteiger partial charge in [-0.25, -0.2) is 0 Å². The molecule has 0 aromatic carbocycles. The molecule has 0 bridgehead atoms. The lowest BCUT2D eigenvalue weighted by Gasteiger charge is -2.15. The van der Waals surface area contributed by atoms with Crippen molar-refractivity contribution in [2.24, 2.45) is 5.92 Å². The van der Waals surface area contributed by atoms with E-state index in [2.05, 4.69) is 35.9 Å². The van der Waals surface area contributed by atoms with E-state index in [1.165, 1.54) is 25.1 Å². The molecule has 1 fully saturated rings. The third-order valence-electron chi connectivity index (χ3n) is 2.88. The summed E-state index contributed by atoms with van der Waals surface area (Å²) >= 11 is 0. The second-order valence-electron chi connectivity index (χ2n) is 4.43. The molecular formula is C12H18N2. The Balaban J connectivity index is 1.97. The lowest BCUT2D eigenvalue weighted by molar-refractivity contribution is 0.320. The predicted octanol–water partition coefficient (Wildman–Crippen LogP) is 2.23. The highest BCUT2D eigenvalue weighted by atomic mass is 15.1. The fourth-order valence-corrected chi connectivity index (χ4v) is 2.13. The van der Waals surface area contributed by atoms with Crippen molar-refractivity contribution in [3.8, 4) is 0 Å². The number of nitrogens with zero attached hydrogens (tertiary/aromatic N) is 2. The molecule has 14 heavy (non-hydrogen) atoms. The summed E-state index contributed by atoms with van der Waals surface area (Å²) in [4.78, 5) is 6.74. The van der Waals surface area contributed by atoms with Crippen molar-refractivity contribution in [2.45, 2.75) is 26.8 Å². The molecule has 1 atom stereocenters. The quantitative estimate of drug-likeness (QED) is 0.711. The lowest BCUT2D eigenvalue weighted by atomic mass is 10.2. The Bertz CT molecular complexity index is 309. The van der Waals surface area contributed by atoms with Gasteiger partial charge in [-0.15, -0.1) is 0 Å². The fourth-order valence-electron chi connectivity index (χ4n) is 2.13. The normalized spacial score (nSPS) is 22.9. The molecule has 0 N–H and O–H groups in total. The van der Waals surface area contributed by atoms with E-state index in [4.69, 9.17) is 0 Å². The lowest BCUT2D eigenvalue weighted by Crippen LogP contribution is -2.19. The smallest absolute Gasteiger partial charge is 0.0375 e. The number of pyridine rings is 1. The number of aryl methyl sites for hydroxylation is 1. The first kappa shape index (κ1) is 9.66. The first-order valence-corrected chi connectivity index (χ1v) is 5.38. The molecule has 0 amide bonds. The third-order valence-corrected chi connectivity index (χ3v) is 2.88. The molecule has 2 heteroatoms. The van der Waals surface area contributed by atoms with E-state index in [0.29, 0.717) is 0 Å². The van der Waals surface area contributed by atoms with E-state index in [1.807, 2.05) is 6.20 Å². The zero-order valence-electron chi connectivity index (χ0n) is 9.03. The van der Waals surface area contributed by atoms with Gasteiger partial charge in [-0.2, -0.15) is 0 Å². The van der Waals surface area contributed by atoms with Crippen molar-refractivity contribution in [2.75, 3.05) is 13.1 Å². The monoisotopic (exact) mass is 190 g/mol. The Morgan fingerprint density at radius 3 is 3.07 bits per heavy atom. The van der Waals surface area contributed by atoms with Gasteiger partial charge in [0.1, 0.15) is 0 Å². The molecule has 1 aliphatic heterocycles. The number of rotatable bonds is 2. The van der Waals surface area contributed by atoms with E-state index < -0.39 is 0 Å². The number of likely N-dealkylation sites (tertiary alicyclic amines) is 1. The minimum absolute atomic E-state index is 0.873. The Kier molecular flexibility index (Phi) is 2.82. The van der Waals surface area contributed by atoms with Gasteiger partial charge in [0.15, 0.2) is 0 Å². The van der Waals surface area contributed by atoms with Crippen molar-refractivity contribution in [1.29, 1.82) is 0 Å². The minimum atomic E-state index is 0.873. The Labute approximate surface area is 86.0 Å². The summed E-state index contributed by atoms with van der Waals surface area (Å²) in [5, 5.41) is 0. The molecule has 0 aliphatic carbocycles. The zero-order chi connectivity index (χ0) is 9.97. The highest BCUT2D eigenvalue weighted by Crippen LogP contribution is 2.17. The molecular weight excluding hydrogens is 172 g/mol. The van der Waals surface area contributed by atoms with Gasteiger partial charge in [-0.1, -0.05) is 6.92 Å². The molecule has 0 radical (unpaired) electrons. The maximum atomic E-state index is 4.21. The maximum absolute atomic E-state index is 4.21. The van der Waals surface area contributed by atoms with Crippen LogP contribution in [0.1, 0.15) is 24.6 Å². The summed E-state index contributed by atoms with van der Waals surface area (Å²) in [6.07, 6.45) is 3.26. The summed E-state index contributed by atoms with van der Waals surface area (Å²) in [7, 11) is 0. The van der Waals surface area contributed by atoms with Crippen LogP contribution >= 0.6 is 0 Å². The minimum Gasteiger partial charge on any atom is -0.299 e. The van der Waals surface area contributed by atoms with Gasteiger partial charge in [0, 0.05) is 25.0 Å². The summed E-state index contributed by atoms with van der Waals surface area (Å²) in [6.45, 7) is 7.98. The average Bonchev–Trinajstić information content (AvgIpc) is 2.51. The Hall–Kier alpha value is -0.890. The second-order valence-corrected chi connectivity index (χ2v) is 4.43. The molecule has 0 saturated carbocycles. The van der Waals surface area contributed by atoms with Crippen LogP contribution in [0, 0.1) is 12.8 Å². The van der Waals surface area contributed by atoms with Crippen molar-refractivity contribution in [1.82, 2.24) is 9.88 Å².